The number of hydrogen-bond acceptors (Lipinski definition) is 5. The van der Waals surface area contributed by atoms with Crippen LogP contribution in [0.1, 0.15) is 64.7 Å². The highest BCUT2D eigenvalue weighted by molar-refractivity contribution is 5.59. The molecule has 0 N–H and O–H groups in total. The number of carbonyl (C=O) groups excluding carboxylic acids is 1. The minimum absolute atomic E-state index is 0.170. The molecule has 0 aliphatic carbocycles. The predicted molar refractivity (Wildman–Crippen MR) is 107 cm³/mol. The Bertz CT molecular complexity index is 551. The largest absolute Gasteiger partial charge is 0.512 e. The number of unbranched alkanes of at least 4 members (excludes halogenated alkanes) is 3. The molecule has 27 heavy (non-hydrogen) atoms. The molecule has 0 aliphatic heterocycles. The highest BCUT2D eigenvalue weighted by atomic mass is 16.7. The van der Waals surface area contributed by atoms with Crippen LogP contribution in [0.4, 0.5) is 0 Å². The van der Waals surface area contributed by atoms with E-state index in [0.717, 1.165) is 38.5 Å². The van der Waals surface area contributed by atoms with Crippen LogP contribution in [0, 0.1) is 20.2 Å². The Hall–Kier alpha value is -2.57. The zero-order chi connectivity index (χ0) is 20.4. The second kappa shape index (κ2) is 15.7. The fraction of sp³-hybridized carbons (Fsp3) is 0.550. The van der Waals surface area contributed by atoms with Gasteiger partial charge in [-0.25, -0.2) is 0 Å². The average Bonchev–Trinajstić information content (AvgIpc) is 2.64. The van der Waals surface area contributed by atoms with Gasteiger partial charge >= 0.3 is 5.66 Å². The smallest absolute Gasteiger partial charge is 0.287 e. The lowest BCUT2D eigenvalue weighted by Crippen LogP contribution is -2.47. The second-order valence-corrected chi connectivity index (χ2v) is 6.11. The van der Waals surface area contributed by atoms with Crippen molar-refractivity contribution in [2.45, 2.75) is 70.4 Å². The van der Waals surface area contributed by atoms with Gasteiger partial charge in [0.2, 0.25) is 0 Å². The summed E-state index contributed by atoms with van der Waals surface area (Å²) in [6.07, 6.45) is 22.6. The van der Waals surface area contributed by atoms with E-state index in [2.05, 4.69) is 43.4 Å². The van der Waals surface area contributed by atoms with Gasteiger partial charge in [-0.05, 0) is 44.9 Å². The first-order chi connectivity index (χ1) is 13.0. The van der Waals surface area contributed by atoms with E-state index in [1.165, 1.54) is 0 Å². The van der Waals surface area contributed by atoms with Crippen LogP contribution in [0.5, 0.6) is 0 Å². The third-order valence-electron chi connectivity index (χ3n) is 3.96. The Morgan fingerprint density at radius 2 is 1.22 bits per heavy atom. The zero-order valence-corrected chi connectivity index (χ0v) is 16.0. The molecule has 0 heterocycles. The van der Waals surface area contributed by atoms with Gasteiger partial charge in [0.15, 0.2) is 0 Å². The van der Waals surface area contributed by atoms with E-state index in [0.29, 0.717) is 6.42 Å². The number of allylic oxidation sites excluding steroid dienone is 8. The van der Waals surface area contributed by atoms with E-state index in [4.69, 9.17) is 0 Å². The van der Waals surface area contributed by atoms with Crippen LogP contribution >= 0.6 is 0 Å². The third kappa shape index (κ3) is 10.9. The van der Waals surface area contributed by atoms with Gasteiger partial charge in [0.05, 0.1) is 6.42 Å². The molecule has 0 amide bonds. The molecule has 0 spiro atoms. The van der Waals surface area contributed by atoms with Crippen molar-refractivity contribution in [2.75, 3.05) is 0 Å². The first-order valence-electron chi connectivity index (χ1n) is 9.36. The fourth-order valence-electron chi connectivity index (χ4n) is 2.32. The van der Waals surface area contributed by atoms with E-state index in [1.807, 2.05) is 12.2 Å². The van der Waals surface area contributed by atoms with Crippen LogP contribution in [0.2, 0.25) is 0 Å². The average molecular weight is 378 g/mol. The summed E-state index contributed by atoms with van der Waals surface area (Å²) in [7, 11) is 0. The molecule has 0 bridgehead atoms. The van der Waals surface area contributed by atoms with Crippen LogP contribution in [-0.4, -0.2) is 21.8 Å². The normalized spacial score (nSPS) is 12.6. The van der Waals surface area contributed by atoms with Crippen molar-refractivity contribution in [1.29, 1.82) is 0 Å². The second-order valence-electron chi connectivity index (χ2n) is 6.11. The van der Waals surface area contributed by atoms with Gasteiger partial charge in [0, 0.05) is 0 Å². The van der Waals surface area contributed by atoms with Crippen molar-refractivity contribution in [1.82, 2.24) is 0 Å². The first kappa shape index (κ1) is 24.4. The van der Waals surface area contributed by atoms with Gasteiger partial charge in [0.25, 0.3) is 6.29 Å². The standard InChI is InChI=1S/C20H30N2O5/c1-2-3-4-5-6-7-8-9-10-11-12-13-14-15-16-17-18-20(19-23,21(24)25)22(26)27/h3-4,6-7,9-10,12-13,19H,2,5,8,11,14-18H2,1H3. The van der Waals surface area contributed by atoms with Gasteiger partial charge in [-0.3, -0.25) is 25.0 Å². The summed E-state index contributed by atoms with van der Waals surface area (Å²) in [6, 6.07) is 0. The molecule has 0 radical (unpaired) electrons. The molecule has 0 saturated heterocycles. The van der Waals surface area contributed by atoms with Crippen molar-refractivity contribution in [3.8, 4) is 0 Å². The van der Waals surface area contributed by atoms with E-state index in [-0.39, 0.29) is 19.1 Å². The first-order valence-corrected chi connectivity index (χ1v) is 9.36. The molecule has 0 unspecified atom stereocenters. The number of nitro groups is 2. The molecule has 7 nitrogen and oxygen atoms in total. The SMILES string of the molecule is CCC=CCC=CCC=CCC=CCCCCCC(C=O)([N+](=O)[O-])[N+](=O)[O-]. The summed E-state index contributed by atoms with van der Waals surface area (Å²) in [5.41, 5.74) is -2.69. The van der Waals surface area contributed by atoms with E-state index in [9.17, 15) is 25.0 Å². The molecule has 0 saturated carbocycles. The molecule has 150 valence electrons. The van der Waals surface area contributed by atoms with Crippen molar-refractivity contribution < 1.29 is 14.6 Å². The Kier molecular flexibility index (Phi) is 14.2. The predicted octanol–water partition coefficient (Wildman–Crippen LogP) is 5.19. The summed E-state index contributed by atoms with van der Waals surface area (Å²) < 4.78 is 0. The van der Waals surface area contributed by atoms with Gasteiger partial charge in [0.1, 0.15) is 9.85 Å². The third-order valence-corrected chi connectivity index (χ3v) is 3.96. The number of aldehydes is 1. The Labute approximate surface area is 160 Å². The summed E-state index contributed by atoms with van der Waals surface area (Å²) >= 11 is 0. The highest BCUT2D eigenvalue weighted by Crippen LogP contribution is 2.18. The minimum atomic E-state index is -2.69. The van der Waals surface area contributed by atoms with Gasteiger partial charge < -0.3 is 0 Å². The highest BCUT2D eigenvalue weighted by Gasteiger charge is 2.55. The summed E-state index contributed by atoms with van der Waals surface area (Å²) in [5, 5.41) is 21.6. The molecule has 0 aromatic heterocycles. The van der Waals surface area contributed by atoms with Gasteiger partial charge in [-0.15, -0.1) is 0 Å². The van der Waals surface area contributed by atoms with E-state index in [1.54, 1.807) is 0 Å². The Balaban J connectivity index is 3.83. The van der Waals surface area contributed by atoms with Crippen LogP contribution < -0.4 is 0 Å². The van der Waals surface area contributed by atoms with E-state index >= 15 is 0 Å². The lowest BCUT2D eigenvalue weighted by atomic mass is 10.0. The summed E-state index contributed by atoms with van der Waals surface area (Å²) in [6.45, 7) is 2.11. The molecule has 0 aliphatic rings. The zero-order valence-electron chi connectivity index (χ0n) is 16.0. The topological polar surface area (TPSA) is 103 Å². The minimum Gasteiger partial charge on any atom is -0.287 e. The Morgan fingerprint density at radius 1 is 0.741 bits per heavy atom. The number of nitrogens with zero attached hydrogens (tertiary/aromatic N) is 2. The number of hydrogen-bond donors (Lipinski definition) is 0. The van der Waals surface area contributed by atoms with Crippen LogP contribution in [0.3, 0.4) is 0 Å². The van der Waals surface area contributed by atoms with Crippen molar-refractivity contribution >= 4 is 6.29 Å². The molecule has 0 aromatic carbocycles. The fourth-order valence-corrected chi connectivity index (χ4v) is 2.32. The molecular weight excluding hydrogens is 348 g/mol. The van der Waals surface area contributed by atoms with Crippen LogP contribution in [0.15, 0.2) is 48.6 Å². The van der Waals surface area contributed by atoms with Gasteiger partial charge in [-0.2, -0.15) is 0 Å². The number of rotatable bonds is 16. The monoisotopic (exact) mass is 378 g/mol. The molecule has 0 fully saturated rings. The molecule has 7 heteroatoms. The maximum absolute atomic E-state index is 10.8. The van der Waals surface area contributed by atoms with Crippen LogP contribution in [0.25, 0.3) is 0 Å². The quantitative estimate of drug-likeness (QED) is 0.0918. The maximum atomic E-state index is 10.8. The molecule has 0 rings (SSSR count). The summed E-state index contributed by atoms with van der Waals surface area (Å²) in [4.78, 5) is 30.2. The lowest BCUT2D eigenvalue weighted by Gasteiger charge is -2.10. The number of carbonyl (C=O) groups is 1. The maximum Gasteiger partial charge on any atom is 0.512 e. The summed E-state index contributed by atoms with van der Waals surface area (Å²) in [5.74, 6) is 0. The molecule has 0 aromatic rings. The molecule has 0 atom stereocenters. The van der Waals surface area contributed by atoms with Crippen molar-refractivity contribution in [2.24, 2.45) is 0 Å². The lowest BCUT2D eigenvalue weighted by molar-refractivity contribution is -0.774. The van der Waals surface area contributed by atoms with Crippen LogP contribution in [-0.2, 0) is 4.79 Å². The molecular formula is C20H30N2O5. The van der Waals surface area contributed by atoms with Gasteiger partial charge in [-0.1, -0.05) is 62.0 Å². The van der Waals surface area contributed by atoms with Crippen molar-refractivity contribution in [3.63, 3.8) is 0 Å². The Morgan fingerprint density at radius 3 is 1.67 bits per heavy atom. The van der Waals surface area contributed by atoms with Crippen molar-refractivity contribution in [3.05, 3.63) is 68.8 Å². The van der Waals surface area contributed by atoms with E-state index < -0.39 is 15.5 Å².